The number of aryl methyl sites for hydroxylation is 2. The molecule has 33 heavy (non-hydrogen) atoms. The van der Waals surface area contributed by atoms with E-state index in [4.69, 9.17) is 4.74 Å². The number of morpholine rings is 1. The van der Waals surface area contributed by atoms with Gasteiger partial charge in [0, 0.05) is 45.0 Å². The van der Waals surface area contributed by atoms with Gasteiger partial charge >= 0.3 is 0 Å². The van der Waals surface area contributed by atoms with Crippen LogP contribution in [0.5, 0.6) is 0 Å². The largest absolute Gasteiger partial charge is 0.378 e. The third kappa shape index (κ3) is 5.79. The molecule has 0 bridgehead atoms. The van der Waals surface area contributed by atoms with E-state index in [0.29, 0.717) is 32.8 Å². The van der Waals surface area contributed by atoms with Crippen LogP contribution >= 0.6 is 0 Å². The summed E-state index contributed by atoms with van der Waals surface area (Å²) in [6.45, 7) is 9.83. The summed E-state index contributed by atoms with van der Waals surface area (Å²) in [7, 11) is 0. The van der Waals surface area contributed by atoms with Gasteiger partial charge < -0.3 is 15.0 Å². The van der Waals surface area contributed by atoms with Crippen LogP contribution in [0.15, 0.2) is 48.5 Å². The van der Waals surface area contributed by atoms with Crippen molar-refractivity contribution in [3.63, 3.8) is 0 Å². The lowest BCUT2D eigenvalue weighted by atomic mass is 10.0. The normalized spacial score (nSPS) is 18.7. The van der Waals surface area contributed by atoms with E-state index in [9.17, 15) is 9.59 Å². The van der Waals surface area contributed by atoms with Crippen molar-refractivity contribution in [2.24, 2.45) is 0 Å². The average molecular weight is 451 g/mol. The summed E-state index contributed by atoms with van der Waals surface area (Å²) in [5, 5.41) is 3.08. The van der Waals surface area contributed by atoms with Crippen molar-refractivity contribution < 1.29 is 14.3 Å². The first-order valence-electron chi connectivity index (χ1n) is 11.8. The predicted octanol–water partition coefficient (Wildman–Crippen LogP) is 2.46. The minimum absolute atomic E-state index is 0.00449. The van der Waals surface area contributed by atoms with Crippen LogP contribution in [-0.4, -0.2) is 85.5 Å². The highest BCUT2D eigenvalue weighted by Gasteiger charge is 2.34. The molecule has 176 valence electrons. The zero-order chi connectivity index (χ0) is 23.2. The molecule has 0 aliphatic carbocycles. The molecule has 2 aromatic carbocycles. The van der Waals surface area contributed by atoms with E-state index < -0.39 is 0 Å². The fourth-order valence-corrected chi connectivity index (χ4v) is 4.67. The van der Waals surface area contributed by atoms with Crippen molar-refractivity contribution in [2.45, 2.75) is 19.9 Å². The second-order valence-corrected chi connectivity index (χ2v) is 8.88. The maximum Gasteiger partial charge on any atom is 0.244 e. The Bertz CT molecular complexity index is 931. The molecule has 0 aromatic heterocycles. The highest BCUT2D eigenvalue weighted by atomic mass is 16.5. The molecule has 2 fully saturated rings. The zero-order valence-electron chi connectivity index (χ0n) is 19.6. The Morgan fingerprint density at radius 1 is 0.879 bits per heavy atom. The number of benzene rings is 2. The number of carbonyl (C=O) groups is 2. The number of anilines is 1. The third-order valence-corrected chi connectivity index (χ3v) is 6.56. The van der Waals surface area contributed by atoms with E-state index >= 15 is 0 Å². The molecular weight excluding hydrogens is 416 g/mol. The summed E-state index contributed by atoms with van der Waals surface area (Å²) < 4.78 is 5.44. The molecule has 7 nitrogen and oxygen atoms in total. The summed E-state index contributed by atoms with van der Waals surface area (Å²) in [4.78, 5) is 32.5. The second-order valence-electron chi connectivity index (χ2n) is 8.88. The third-order valence-electron chi connectivity index (χ3n) is 6.56. The zero-order valence-corrected chi connectivity index (χ0v) is 19.6. The molecule has 0 saturated carbocycles. The fraction of sp³-hybridized carbons (Fsp3) is 0.462. The van der Waals surface area contributed by atoms with Crippen molar-refractivity contribution in [1.29, 1.82) is 0 Å². The molecule has 0 unspecified atom stereocenters. The van der Waals surface area contributed by atoms with Gasteiger partial charge in [-0.25, -0.2) is 0 Å². The van der Waals surface area contributed by atoms with Gasteiger partial charge in [-0.3, -0.25) is 19.4 Å². The van der Waals surface area contributed by atoms with Gasteiger partial charge in [0.25, 0.3) is 0 Å². The topological polar surface area (TPSA) is 65.1 Å². The highest BCUT2D eigenvalue weighted by molar-refractivity contribution is 5.93. The molecule has 2 saturated heterocycles. The van der Waals surface area contributed by atoms with Gasteiger partial charge in [0.2, 0.25) is 11.8 Å². The van der Waals surface area contributed by atoms with Crippen molar-refractivity contribution in [2.75, 3.05) is 64.3 Å². The van der Waals surface area contributed by atoms with Crippen LogP contribution in [0.25, 0.3) is 0 Å². The van der Waals surface area contributed by atoms with Gasteiger partial charge in [-0.2, -0.15) is 0 Å². The number of para-hydroxylation sites is 1. The monoisotopic (exact) mass is 450 g/mol. The molecule has 2 amide bonds. The lowest BCUT2D eigenvalue weighted by molar-refractivity contribution is -0.142. The molecule has 2 aliphatic rings. The minimum atomic E-state index is -0.296. The molecule has 0 radical (unpaired) electrons. The van der Waals surface area contributed by atoms with Gasteiger partial charge in [-0.1, -0.05) is 48.5 Å². The maximum absolute atomic E-state index is 13.5. The number of nitrogens with one attached hydrogen (secondary N) is 1. The van der Waals surface area contributed by atoms with Gasteiger partial charge in [-0.05, 0) is 30.5 Å². The van der Waals surface area contributed by atoms with Crippen LogP contribution in [0.2, 0.25) is 0 Å². The van der Waals surface area contributed by atoms with E-state index in [2.05, 4.69) is 15.1 Å². The fourth-order valence-electron chi connectivity index (χ4n) is 4.67. The van der Waals surface area contributed by atoms with E-state index in [1.54, 1.807) is 0 Å². The van der Waals surface area contributed by atoms with E-state index in [0.717, 1.165) is 48.6 Å². The van der Waals surface area contributed by atoms with Gasteiger partial charge in [0.15, 0.2) is 0 Å². The van der Waals surface area contributed by atoms with Crippen LogP contribution in [0.4, 0.5) is 5.69 Å². The number of carbonyl (C=O) groups excluding carboxylic acids is 2. The molecule has 4 rings (SSSR count). The molecule has 2 aromatic rings. The summed E-state index contributed by atoms with van der Waals surface area (Å²) in [5.41, 5.74) is 4.07. The average Bonchev–Trinajstić information content (AvgIpc) is 2.84. The maximum atomic E-state index is 13.5. The van der Waals surface area contributed by atoms with E-state index in [1.807, 2.05) is 67.3 Å². The number of nitrogens with zero attached hydrogens (tertiary/aromatic N) is 3. The van der Waals surface area contributed by atoms with Crippen LogP contribution in [0, 0.1) is 13.8 Å². The van der Waals surface area contributed by atoms with Crippen LogP contribution in [-0.2, 0) is 14.3 Å². The van der Waals surface area contributed by atoms with Crippen LogP contribution in [0.1, 0.15) is 22.7 Å². The summed E-state index contributed by atoms with van der Waals surface area (Å²) in [6, 6.07) is 15.8. The number of ether oxygens (including phenoxy) is 1. The Morgan fingerprint density at radius 3 is 2.15 bits per heavy atom. The number of amides is 2. The summed E-state index contributed by atoms with van der Waals surface area (Å²) in [6.07, 6.45) is 0. The Hall–Kier alpha value is -2.74. The summed E-state index contributed by atoms with van der Waals surface area (Å²) >= 11 is 0. The number of hydrogen-bond donors (Lipinski definition) is 1. The van der Waals surface area contributed by atoms with Gasteiger partial charge in [-0.15, -0.1) is 0 Å². The number of hydrogen-bond acceptors (Lipinski definition) is 5. The quantitative estimate of drug-likeness (QED) is 0.733. The first-order chi connectivity index (χ1) is 16.0. The number of rotatable bonds is 6. The minimum Gasteiger partial charge on any atom is -0.378 e. The van der Waals surface area contributed by atoms with Crippen LogP contribution in [0.3, 0.4) is 0 Å². The molecule has 0 spiro atoms. The molecule has 1 atom stereocenters. The van der Waals surface area contributed by atoms with Crippen molar-refractivity contribution in [3.8, 4) is 0 Å². The van der Waals surface area contributed by atoms with Crippen LogP contribution < -0.4 is 5.32 Å². The lowest BCUT2D eigenvalue weighted by Crippen LogP contribution is -2.53. The highest BCUT2D eigenvalue weighted by Crippen LogP contribution is 2.25. The molecule has 2 aliphatic heterocycles. The molecule has 7 heteroatoms. The summed E-state index contributed by atoms with van der Waals surface area (Å²) in [5.74, 6) is 0.149. The Kier molecular flexibility index (Phi) is 7.75. The predicted molar refractivity (Wildman–Crippen MR) is 129 cm³/mol. The lowest BCUT2D eigenvalue weighted by Gasteiger charge is -2.40. The second kappa shape index (κ2) is 10.9. The van der Waals surface area contributed by atoms with E-state index in [-0.39, 0.29) is 17.9 Å². The van der Waals surface area contributed by atoms with Crippen molar-refractivity contribution in [1.82, 2.24) is 14.7 Å². The number of piperazine rings is 1. The van der Waals surface area contributed by atoms with E-state index in [1.165, 1.54) is 0 Å². The standard InChI is InChI=1S/C26H34N4O3/c1-20-7-6-8-21(2)24(20)27-23(31)19-28-11-13-29(14-12-28)25(22-9-4-3-5-10-22)26(32)30-15-17-33-18-16-30/h3-10,25H,11-19H2,1-2H3,(H,27,31)/t25-/m1/s1. The first kappa shape index (κ1) is 23.4. The first-order valence-corrected chi connectivity index (χ1v) is 11.8. The molecule has 1 N–H and O–H groups in total. The smallest absolute Gasteiger partial charge is 0.244 e. The van der Waals surface area contributed by atoms with Crippen molar-refractivity contribution >= 4 is 17.5 Å². The van der Waals surface area contributed by atoms with Gasteiger partial charge in [0.05, 0.1) is 19.8 Å². The van der Waals surface area contributed by atoms with Gasteiger partial charge in [0.1, 0.15) is 6.04 Å². The Morgan fingerprint density at radius 2 is 1.52 bits per heavy atom. The van der Waals surface area contributed by atoms with Crippen molar-refractivity contribution in [3.05, 3.63) is 65.2 Å². The molecule has 2 heterocycles. The molecular formula is C26H34N4O3. The Balaban J connectivity index is 1.38. The SMILES string of the molecule is Cc1cccc(C)c1NC(=O)CN1CCN([C@@H](C(=O)N2CCOCC2)c2ccccc2)CC1. The Labute approximate surface area is 196 Å².